The van der Waals surface area contributed by atoms with Crippen LogP contribution in [0, 0.1) is 0 Å². The Morgan fingerprint density at radius 2 is 1.74 bits per heavy atom. The summed E-state index contributed by atoms with van der Waals surface area (Å²) in [6.45, 7) is 6.66. The number of carbonyl (C=O) groups excluding carboxylic acids is 2. The number of benzene rings is 4. The lowest BCUT2D eigenvalue weighted by atomic mass is 9.96. The van der Waals surface area contributed by atoms with Crippen molar-refractivity contribution in [3.8, 4) is 5.75 Å². The van der Waals surface area contributed by atoms with Gasteiger partial charge in [0, 0.05) is 30.6 Å². The van der Waals surface area contributed by atoms with E-state index in [4.69, 9.17) is 0 Å². The Bertz CT molecular complexity index is 1820. The summed E-state index contributed by atoms with van der Waals surface area (Å²) in [7, 11) is -3.69. The Kier molecular flexibility index (Phi) is 8.95. The topological polar surface area (TPSA) is 141 Å². The van der Waals surface area contributed by atoms with E-state index in [0.29, 0.717) is 29.5 Å². The molecule has 0 unspecified atom stereocenters. The number of aromatic hydroxyl groups is 1. The smallest absolute Gasteiger partial charge is 0.240 e. The Balaban J connectivity index is 1.36. The number of amides is 1. The van der Waals surface area contributed by atoms with Crippen molar-refractivity contribution >= 4 is 49.5 Å². The summed E-state index contributed by atoms with van der Waals surface area (Å²) in [4.78, 5) is 27.3. The summed E-state index contributed by atoms with van der Waals surface area (Å²) in [5.74, 6) is -0.679. The van der Waals surface area contributed by atoms with Crippen molar-refractivity contribution in [1.82, 2.24) is 9.62 Å². The van der Waals surface area contributed by atoms with Crippen molar-refractivity contribution < 1.29 is 23.1 Å². The number of nitrogens with one attached hydrogen (secondary N) is 2. The van der Waals surface area contributed by atoms with Gasteiger partial charge in [0.05, 0.1) is 22.6 Å². The molecular formula is C32H33N5O5S. The monoisotopic (exact) mass is 599 g/mol. The quantitative estimate of drug-likeness (QED) is 0.145. The molecule has 1 heterocycles. The Morgan fingerprint density at radius 1 is 1.00 bits per heavy atom. The number of azo groups is 1. The summed E-state index contributed by atoms with van der Waals surface area (Å²) in [6, 6.07) is 20.2. The van der Waals surface area contributed by atoms with Crippen LogP contribution in [0.5, 0.6) is 5.75 Å². The third kappa shape index (κ3) is 6.80. The van der Waals surface area contributed by atoms with Gasteiger partial charge in [0.25, 0.3) is 0 Å². The van der Waals surface area contributed by atoms with Gasteiger partial charge in [0.1, 0.15) is 5.69 Å². The molecule has 1 amide bonds. The van der Waals surface area contributed by atoms with E-state index < -0.39 is 10.0 Å². The Labute approximate surface area is 250 Å². The first-order valence-corrected chi connectivity index (χ1v) is 15.6. The minimum absolute atomic E-state index is 0.0306. The second-order valence-corrected chi connectivity index (χ2v) is 12.0. The standard InChI is InChI=1S/C32H33N5O5S/c1-3-37(4-2)16-15-33-43(41,42)25-12-10-24(11-13-25)35-36-31-26-8-6-5-7-22(26)19-27(32(31)40)29(38)18-21-9-14-28-23(17-21)20-30(39)34-28/h5-14,17,19,33,40H,3-4,15-16,18,20H2,1-2H3,(H,34,39). The lowest BCUT2D eigenvalue weighted by Crippen LogP contribution is -2.34. The Hall–Kier alpha value is -4.45. The van der Waals surface area contributed by atoms with Gasteiger partial charge in [0.15, 0.2) is 11.5 Å². The Morgan fingerprint density at radius 3 is 2.49 bits per heavy atom. The number of nitrogens with zero attached hydrogens (tertiary/aromatic N) is 3. The van der Waals surface area contributed by atoms with E-state index in [1.54, 1.807) is 30.3 Å². The van der Waals surface area contributed by atoms with Crippen LogP contribution in [0.2, 0.25) is 0 Å². The number of hydrogen-bond acceptors (Lipinski definition) is 8. The maximum absolute atomic E-state index is 13.4. The summed E-state index contributed by atoms with van der Waals surface area (Å²) in [5, 5.41) is 23.8. The molecule has 4 aromatic carbocycles. The highest BCUT2D eigenvalue weighted by molar-refractivity contribution is 7.89. The first kappa shape index (κ1) is 30.0. The molecule has 4 aromatic rings. The number of likely N-dealkylation sites (N-methyl/N-ethyl adjacent to an activating group) is 1. The van der Waals surface area contributed by atoms with Gasteiger partial charge in [-0.2, -0.15) is 5.11 Å². The number of Topliss-reactive ketones (excluding diaryl/α,β-unsaturated/α-hetero) is 1. The van der Waals surface area contributed by atoms with Crippen LogP contribution >= 0.6 is 0 Å². The minimum atomic E-state index is -3.69. The molecule has 0 saturated carbocycles. The van der Waals surface area contributed by atoms with Crippen molar-refractivity contribution in [3.63, 3.8) is 0 Å². The van der Waals surface area contributed by atoms with Crippen molar-refractivity contribution in [3.05, 3.63) is 89.5 Å². The number of hydrogen-bond donors (Lipinski definition) is 3. The van der Waals surface area contributed by atoms with Crippen LogP contribution in [0.25, 0.3) is 10.8 Å². The van der Waals surface area contributed by atoms with E-state index in [2.05, 4.69) is 25.2 Å². The molecule has 0 aliphatic carbocycles. The van der Waals surface area contributed by atoms with Gasteiger partial charge in [-0.3, -0.25) is 9.59 Å². The molecule has 0 saturated heterocycles. The highest BCUT2D eigenvalue weighted by Gasteiger charge is 2.21. The zero-order valence-electron chi connectivity index (χ0n) is 24.0. The van der Waals surface area contributed by atoms with Crippen LogP contribution < -0.4 is 10.0 Å². The van der Waals surface area contributed by atoms with Gasteiger partial charge in [-0.1, -0.05) is 50.2 Å². The molecule has 0 spiro atoms. The maximum Gasteiger partial charge on any atom is 0.240 e. The fourth-order valence-corrected chi connectivity index (χ4v) is 6.09. The van der Waals surface area contributed by atoms with Gasteiger partial charge in [-0.05, 0) is 66.0 Å². The number of sulfonamides is 1. The molecule has 3 N–H and O–H groups in total. The third-order valence-corrected chi connectivity index (χ3v) is 8.96. The average molecular weight is 600 g/mol. The molecule has 11 heteroatoms. The third-order valence-electron chi connectivity index (χ3n) is 7.48. The SMILES string of the molecule is CCN(CC)CCNS(=O)(=O)c1ccc(N=Nc2c(O)c(C(=O)Cc3ccc4c(c3)CC(=O)N4)cc3ccccc23)cc1. The number of anilines is 1. The van der Waals surface area contributed by atoms with E-state index >= 15 is 0 Å². The van der Waals surface area contributed by atoms with Crippen molar-refractivity contribution in [1.29, 1.82) is 0 Å². The number of ketones is 1. The largest absolute Gasteiger partial charge is 0.505 e. The average Bonchev–Trinajstić information content (AvgIpc) is 3.38. The molecule has 43 heavy (non-hydrogen) atoms. The summed E-state index contributed by atoms with van der Waals surface area (Å²) in [6.07, 6.45) is 0.298. The van der Waals surface area contributed by atoms with Gasteiger partial charge in [-0.15, -0.1) is 5.11 Å². The molecule has 1 aliphatic rings. The number of carbonyl (C=O) groups is 2. The van der Waals surface area contributed by atoms with Crippen molar-refractivity contribution in [2.45, 2.75) is 31.6 Å². The molecule has 0 aromatic heterocycles. The lowest BCUT2D eigenvalue weighted by Gasteiger charge is -2.18. The second-order valence-electron chi connectivity index (χ2n) is 10.3. The first-order valence-electron chi connectivity index (χ1n) is 14.1. The fraction of sp³-hybridized carbons (Fsp3) is 0.250. The highest BCUT2D eigenvalue weighted by Crippen LogP contribution is 2.40. The fourth-order valence-electron chi connectivity index (χ4n) is 5.07. The summed E-state index contributed by atoms with van der Waals surface area (Å²) < 4.78 is 28.0. The minimum Gasteiger partial charge on any atom is -0.505 e. The molecular weight excluding hydrogens is 566 g/mol. The zero-order valence-corrected chi connectivity index (χ0v) is 24.8. The van der Waals surface area contributed by atoms with E-state index in [9.17, 15) is 23.1 Å². The predicted molar refractivity (Wildman–Crippen MR) is 166 cm³/mol. The van der Waals surface area contributed by atoms with Crippen LogP contribution in [0.15, 0.2) is 87.9 Å². The van der Waals surface area contributed by atoms with E-state index in [-0.39, 0.29) is 46.4 Å². The summed E-state index contributed by atoms with van der Waals surface area (Å²) >= 11 is 0. The molecule has 0 fully saturated rings. The number of phenolic OH excluding ortho intramolecular Hbond substituents is 1. The molecule has 0 bridgehead atoms. The van der Waals surface area contributed by atoms with Gasteiger partial charge < -0.3 is 15.3 Å². The predicted octanol–water partition coefficient (Wildman–Crippen LogP) is 5.50. The van der Waals surface area contributed by atoms with Crippen LogP contribution in [0.3, 0.4) is 0 Å². The molecule has 0 radical (unpaired) electrons. The molecule has 10 nitrogen and oxygen atoms in total. The van der Waals surface area contributed by atoms with E-state index in [1.807, 2.05) is 32.0 Å². The first-order chi connectivity index (χ1) is 20.7. The number of fused-ring (bicyclic) bond motifs is 2. The van der Waals surface area contributed by atoms with Gasteiger partial charge >= 0.3 is 0 Å². The molecule has 222 valence electrons. The highest BCUT2D eigenvalue weighted by atomic mass is 32.2. The van der Waals surface area contributed by atoms with Crippen LogP contribution in [0.1, 0.15) is 35.3 Å². The van der Waals surface area contributed by atoms with Crippen LogP contribution in [-0.4, -0.2) is 56.3 Å². The maximum atomic E-state index is 13.4. The molecule has 5 rings (SSSR count). The van der Waals surface area contributed by atoms with Gasteiger partial charge in [-0.25, -0.2) is 13.1 Å². The number of phenols is 1. The van der Waals surface area contributed by atoms with Crippen LogP contribution in [-0.2, 0) is 27.7 Å². The van der Waals surface area contributed by atoms with E-state index in [1.165, 1.54) is 24.3 Å². The lowest BCUT2D eigenvalue weighted by molar-refractivity contribution is -0.115. The number of rotatable bonds is 12. The zero-order chi connectivity index (χ0) is 30.6. The summed E-state index contributed by atoms with van der Waals surface area (Å²) in [5.41, 5.74) is 2.94. The van der Waals surface area contributed by atoms with Gasteiger partial charge in [0.2, 0.25) is 15.9 Å². The van der Waals surface area contributed by atoms with E-state index in [0.717, 1.165) is 29.9 Å². The second kappa shape index (κ2) is 12.8. The molecule has 1 aliphatic heterocycles. The van der Waals surface area contributed by atoms with Crippen molar-refractivity contribution in [2.75, 3.05) is 31.5 Å². The molecule has 0 atom stereocenters. The normalized spacial score (nSPS) is 13.1. The van der Waals surface area contributed by atoms with Crippen molar-refractivity contribution in [2.24, 2.45) is 10.2 Å². The van der Waals surface area contributed by atoms with Crippen LogP contribution in [0.4, 0.5) is 17.1 Å².